The Bertz CT molecular complexity index is 168. The highest BCUT2D eigenvalue weighted by Gasteiger charge is 1.97. The first-order chi connectivity index (χ1) is 6.93. The van der Waals surface area contributed by atoms with Gasteiger partial charge in [-0.25, -0.2) is 5.84 Å². The summed E-state index contributed by atoms with van der Waals surface area (Å²) in [7, 11) is 0. The fraction of sp³-hybridized carbons (Fsp3) is 0.900. The Morgan fingerprint density at radius 1 is 1.00 bits per heavy atom. The van der Waals surface area contributed by atoms with Crippen molar-refractivity contribution in [1.29, 1.82) is 0 Å². The van der Waals surface area contributed by atoms with E-state index in [0.717, 1.165) is 19.0 Å². The Morgan fingerprint density at radius 3 is 2.36 bits per heavy atom. The van der Waals surface area contributed by atoms with E-state index >= 15 is 0 Å². The predicted molar refractivity (Wildman–Crippen MR) is 59.9 cm³/mol. The van der Waals surface area contributed by atoms with Crippen LogP contribution in [0.1, 0.15) is 44.9 Å². The molecule has 0 aromatic carbocycles. The van der Waals surface area contributed by atoms with E-state index in [4.69, 9.17) is 5.84 Å². The second-order valence-corrected chi connectivity index (χ2v) is 3.78. The van der Waals surface area contributed by atoms with Crippen molar-refractivity contribution in [1.82, 2.24) is 10.7 Å². The van der Waals surface area contributed by atoms with Gasteiger partial charge in [-0.1, -0.05) is 32.1 Å². The van der Waals surface area contributed by atoms with Crippen molar-refractivity contribution in [2.24, 2.45) is 10.8 Å². The number of nitrogens with two attached hydrogens (primary N) is 1. The number of rotatable bonds is 0. The van der Waals surface area contributed by atoms with Crippen molar-refractivity contribution in [3.63, 3.8) is 0 Å². The lowest BCUT2D eigenvalue weighted by Crippen LogP contribution is -2.42. The topological polar surface area (TPSA) is 62.4 Å². The highest BCUT2D eigenvalue weighted by molar-refractivity contribution is 5.79. The van der Waals surface area contributed by atoms with Crippen molar-refractivity contribution < 1.29 is 0 Å². The van der Waals surface area contributed by atoms with Crippen LogP contribution in [0.5, 0.6) is 0 Å². The van der Waals surface area contributed by atoms with Gasteiger partial charge in [0.25, 0.3) is 0 Å². The largest absolute Gasteiger partial charge is 0.355 e. The van der Waals surface area contributed by atoms with E-state index < -0.39 is 0 Å². The summed E-state index contributed by atoms with van der Waals surface area (Å²) >= 11 is 0. The van der Waals surface area contributed by atoms with Crippen LogP contribution in [0.4, 0.5) is 0 Å². The van der Waals surface area contributed by atoms with Crippen LogP contribution in [0.15, 0.2) is 4.99 Å². The molecular formula is C10H22N4. The summed E-state index contributed by atoms with van der Waals surface area (Å²) in [6, 6.07) is 0. The van der Waals surface area contributed by atoms with Gasteiger partial charge in [0.05, 0.1) is 0 Å². The predicted octanol–water partition coefficient (Wildman–Crippen LogP) is 1.14. The number of hydrazine groups is 1. The molecule has 0 bridgehead atoms. The molecule has 0 fully saturated rings. The molecule has 82 valence electrons. The molecule has 1 aliphatic rings. The molecule has 0 radical (unpaired) electrons. The number of aliphatic imine (C=N–C) groups is 1. The molecule has 4 nitrogen and oxygen atoms in total. The second kappa shape index (κ2) is 7.62. The summed E-state index contributed by atoms with van der Waals surface area (Å²) in [6.45, 7) is 1.86. The minimum absolute atomic E-state index is 0.741. The van der Waals surface area contributed by atoms with Gasteiger partial charge >= 0.3 is 0 Å². The second-order valence-electron chi connectivity index (χ2n) is 3.78. The Morgan fingerprint density at radius 2 is 1.64 bits per heavy atom. The van der Waals surface area contributed by atoms with Crippen molar-refractivity contribution in [2.45, 2.75) is 44.9 Å². The molecule has 0 amide bonds. The number of hydrogen-bond donors (Lipinski definition) is 3. The molecule has 0 spiro atoms. The lowest BCUT2D eigenvalue weighted by Gasteiger charge is -2.10. The molecule has 4 heteroatoms. The number of nitrogens with one attached hydrogen (secondary N) is 2. The van der Waals surface area contributed by atoms with Crippen molar-refractivity contribution >= 4 is 5.96 Å². The summed E-state index contributed by atoms with van der Waals surface area (Å²) in [5, 5.41) is 3.20. The van der Waals surface area contributed by atoms with E-state index in [1.807, 2.05) is 0 Å². The molecule has 14 heavy (non-hydrogen) atoms. The van der Waals surface area contributed by atoms with Crippen LogP contribution >= 0.6 is 0 Å². The zero-order chi connectivity index (χ0) is 10.1. The molecule has 1 aliphatic heterocycles. The van der Waals surface area contributed by atoms with Gasteiger partial charge in [0.1, 0.15) is 0 Å². The van der Waals surface area contributed by atoms with Crippen LogP contribution in [0.25, 0.3) is 0 Å². The minimum Gasteiger partial charge on any atom is -0.355 e. The third-order valence-corrected chi connectivity index (χ3v) is 2.53. The number of nitrogens with zero attached hydrogens (tertiary/aromatic N) is 1. The van der Waals surface area contributed by atoms with E-state index in [1.54, 1.807) is 0 Å². The summed E-state index contributed by atoms with van der Waals surface area (Å²) in [4.78, 5) is 4.35. The Labute approximate surface area is 86.3 Å². The molecule has 4 N–H and O–H groups in total. The van der Waals surface area contributed by atoms with Gasteiger partial charge in [-0.2, -0.15) is 0 Å². The van der Waals surface area contributed by atoms with Crippen molar-refractivity contribution in [2.75, 3.05) is 13.1 Å². The van der Waals surface area contributed by atoms with Crippen LogP contribution < -0.4 is 16.6 Å². The lowest BCUT2D eigenvalue weighted by molar-refractivity contribution is 0.570. The van der Waals surface area contributed by atoms with Gasteiger partial charge in [-0.15, -0.1) is 0 Å². The maximum absolute atomic E-state index is 5.34. The first-order valence-corrected chi connectivity index (χ1v) is 5.68. The Balaban J connectivity index is 2.29. The van der Waals surface area contributed by atoms with Gasteiger partial charge in [0.2, 0.25) is 5.96 Å². The normalized spacial score (nSPS) is 21.1. The van der Waals surface area contributed by atoms with Gasteiger partial charge in [0.15, 0.2) is 0 Å². The maximum atomic E-state index is 5.34. The fourth-order valence-electron chi connectivity index (χ4n) is 1.67. The third kappa shape index (κ3) is 5.07. The van der Waals surface area contributed by atoms with E-state index in [2.05, 4.69) is 15.7 Å². The minimum atomic E-state index is 0.741. The summed E-state index contributed by atoms with van der Waals surface area (Å²) in [5.41, 5.74) is 2.59. The average molecular weight is 198 g/mol. The lowest BCUT2D eigenvalue weighted by atomic mass is 10.1. The van der Waals surface area contributed by atoms with Gasteiger partial charge in [-0.05, 0) is 12.8 Å². The smallest absolute Gasteiger partial charge is 0.205 e. The van der Waals surface area contributed by atoms with Gasteiger partial charge in [-0.3, -0.25) is 10.4 Å². The van der Waals surface area contributed by atoms with Gasteiger partial charge < -0.3 is 5.32 Å². The van der Waals surface area contributed by atoms with E-state index in [0.29, 0.717) is 0 Å². The monoisotopic (exact) mass is 198 g/mol. The standard InChI is InChI=1S/C10H22N4/c11-14-10-12-8-6-4-2-1-3-5-7-9-13-10/h1-9,11H2,(H2,12,13,14). The van der Waals surface area contributed by atoms with Crippen LogP contribution in [0.2, 0.25) is 0 Å². The first-order valence-electron chi connectivity index (χ1n) is 5.68. The first kappa shape index (κ1) is 11.3. The summed E-state index contributed by atoms with van der Waals surface area (Å²) < 4.78 is 0. The summed E-state index contributed by atoms with van der Waals surface area (Å²) in [5.74, 6) is 6.08. The zero-order valence-electron chi connectivity index (χ0n) is 8.89. The van der Waals surface area contributed by atoms with E-state index in [9.17, 15) is 0 Å². The van der Waals surface area contributed by atoms with E-state index in [-0.39, 0.29) is 0 Å². The van der Waals surface area contributed by atoms with E-state index in [1.165, 1.54) is 44.9 Å². The Hall–Kier alpha value is -0.770. The van der Waals surface area contributed by atoms with Crippen LogP contribution in [0, 0.1) is 0 Å². The molecule has 0 aromatic rings. The quantitative estimate of drug-likeness (QED) is 0.404. The molecule has 0 saturated heterocycles. The zero-order valence-corrected chi connectivity index (χ0v) is 8.89. The molecular weight excluding hydrogens is 176 g/mol. The fourth-order valence-corrected chi connectivity index (χ4v) is 1.67. The average Bonchev–Trinajstić information content (AvgIpc) is 2.19. The summed E-state index contributed by atoms with van der Waals surface area (Å²) in [6.07, 6.45) is 9.09. The SMILES string of the molecule is NNC1=NCCCCCCCCCN1. The van der Waals surface area contributed by atoms with Gasteiger partial charge in [0, 0.05) is 13.1 Å². The van der Waals surface area contributed by atoms with Crippen LogP contribution in [-0.2, 0) is 0 Å². The molecule has 0 aliphatic carbocycles. The Kier molecular flexibility index (Phi) is 6.15. The molecule has 1 rings (SSSR count). The highest BCUT2D eigenvalue weighted by atomic mass is 15.3. The molecule has 0 atom stereocenters. The van der Waals surface area contributed by atoms with Crippen LogP contribution in [-0.4, -0.2) is 19.0 Å². The third-order valence-electron chi connectivity index (χ3n) is 2.53. The molecule has 1 heterocycles. The molecule has 0 unspecified atom stereocenters. The maximum Gasteiger partial charge on any atom is 0.205 e. The molecule has 0 aromatic heterocycles. The molecule has 0 saturated carbocycles. The van der Waals surface area contributed by atoms with Crippen molar-refractivity contribution in [3.8, 4) is 0 Å². The van der Waals surface area contributed by atoms with Crippen molar-refractivity contribution in [3.05, 3.63) is 0 Å². The number of hydrogen-bond acceptors (Lipinski definition) is 4. The highest BCUT2D eigenvalue weighted by Crippen LogP contribution is 2.07. The van der Waals surface area contributed by atoms with Crippen LogP contribution in [0.3, 0.4) is 0 Å². The number of guanidine groups is 1.